The van der Waals surface area contributed by atoms with Gasteiger partial charge in [-0.2, -0.15) is 0 Å². The molecule has 152 valence electrons. The molecule has 8 nitrogen and oxygen atoms in total. The number of allylic oxidation sites excluding steroid dienone is 1. The van der Waals surface area contributed by atoms with Gasteiger partial charge in [0.2, 0.25) is 0 Å². The van der Waals surface area contributed by atoms with E-state index in [4.69, 9.17) is 4.74 Å². The third-order valence-electron chi connectivity index (χ3n) is 4.64. The second-order valence-corrected chi connectivity index (χ2v) is 8.43. The number of hydrogen-bond acceptors (Lipinski definition) is 8. The first-order valence-electron chi connectivity index (χ1n) is 8.79. The fourth-order valence-corrected chi connectivity index (χ4v) is 5.12. The summed E-state index contributed by atoms with van der Waals surface area (Å²) in [5, 5.41) is 12.7. The molecule has 1 aromatic carbocycles. The molecule has 0 unspecified atom stereocenters. The Hall–Kier alpha value is -3.37. The van der Waals surface area contributed by atoms with Gasteiger partial charge in [0.05, 0.1) is 27.8 Å². The van der Waals surface area contributed by atoms with Crippen molar-refractivity contribution in [3.63, 3.8) is 0 Å². The molecule has 30 heavy (non-hydrogen) atoms. The number of rotatable bonds is 4. The van der Waals surface area contributed by atoms with Gasteiger partial charge in [0.25, 0.3) is 11.2 Å². The second-order valence-electron chi connectivity index (χ2n) is 6.44. The van der Waals surface area contributed by atoms with Crippen molar-refractivity contribution in [2.45, 2.75) is 13.0 Å². The molecule has 1 atom stereocenters. The van der Waals surface area contributed by atoms with E-state index in [1.165, 1.54) is 46.5 Å². The lowest BCUT2D eigenvalue weighted by atomic mass is 10.0. The number of non-ortho nitro benzene ring substituents is 1. The van der Waals surface area contributed by atoms with Gasteiger partial charge in [0.1, 0.15) is 6.04 Å². The van der Waals surface area contributed by atoms with Crippen LogP contribution in [0.3, 0.4) is 0 Å². The number of thiophene rings is 1. The summed E-state index contributed by atoms with van der Waals surface area (Å²) in [7, 11) is 1.30. The number of carbonyl (C=O) groups excluding carboxylic acids is 1. The van der Waals surface area contributed by atoms with Crippen molar-refractivity contribution < 1.29 is 14.5 Å². The maximum atomic E-state index is 13.3. The van der Waals surface area contributed by atoms with Gasteiger partial charge < -0.3 is 4.74 Å². The zero-order valence-electron chi connectivity index (χ0n) is 15.9. The highest BCUT2D eigenvalue weighted by Gasteiger charge is 2.33. The van der Waals surface area contributed by atoms with Crippen LogP contribution >= 0.6 is 22.7 Å². The highest BCUT2D eigenvalue weighted by Crippen LogP contribution is 2.32. The third-order valence-corrected chi connectivity index (χ3v) is 6.55. The predicted molar refractivity (Wildman–Crippen MR) is 113 cm³/mol. The number of nitro benzene ring substituents is 1. The number of fused-ring (bicyclic) bond motifs is 1. The van der Waals surface area contributed by atoms with E-state index >= 15 is 0 Å². The Labute approximate surface area is 177 Å². The fourth-order valence-electron chi connectivity index (χ4n) is 3.25. The van der Waals surface area contributed by atoms with E-state index < -0.39 is 16.9 Å². The summed E-state index contributed by atoms with van der Waals surface area (Å²) in [5.74, 6) is -0.528. The minimum absolute atomic E-state index is 0.0235. The van der Waals surface area contributed by atoms with Crippen LogP contribution < -0.4 is 14.9 Å². The molecule has 1 aliphatic heterocycles. The van der Waals surface area contributed by atoms with Gasteiger partial charge in [-0.15, -0.1) is 11.3 Å². The Bertz CT molecular complexity index is 1350. The average Bonchev–Trinajstić information content (AvgIpc) is 3.36. The summed E-state index contributed by atoms with van der Waals surface area (Å²) in [5.41, 5.74) is 1.18. The van der Waals surface area contributed by atoms with Crippen LogP contribution in [0.4, 0.5) is 5.69 Å². The Morgan fingerprint density at radius 2 is 2.03 bits per heavy atom. The van der Waals surface area contributed by atoms with E-state index in [0.29, 0.717) is 26.2 Å². The molecule has 0 N–H and O–H groups in total. The SMILES string of the molecule is COC(=O)C1=C(C)N=c2s/c(=C/c3ccc([N+](=O)[O-])cc3)c(=O)n2[C@@H]1c1cccs1. The van der Waals surface area contributed by atoms with Crippen molar-refractivity contribution in [1.29, 1.82) is 0 Å². The molecule has 10 heteroatoms. The Balaban J connectivity index is 1.90. The summed E-state index contributed by atoms with van der Waals surface area (Å²) in [6.07, 6.45) is 1.66. The lowest BCUT2D eigenvalue weighted by Crippen LogP contribution is -2.39. The summed E-state index contributed by atoms with van der Waals surface area (Å²) < 4.78 is 6.88. The number of carbonyl (C=O) groups is 1. The number of ether oxygens (including phenoxy) is 1. The Morgan fingerprint density at radius 1 is 1.30 bits per heavy atom. The first kappa shape index (κ1) is 19.9. The van der Waals surface area contributed by atoms with Crippen LogP contribution in [0.1, 0.15) is 23.4 Å². The molecular weight excluding hydrogens is 426 g/mol. The second kappa shape index (κ2) is 7.81. The fraction of sp³-hybridized carbons (Fsp3) is 0.150. The van der Waals surface area contributed by atoms with Crippen molar-refractivity contribution in [1.82, 2.24) is 4.57 Å². The van der Waals surface area contributed by atoms with Crippen LogP contribution in [0.25, 0.3) is 6.08 Å². The molecule has 2 aromatic heterocycles. The number of methoxy groups -OCH3 is 1. The quantitative estimate of drug-likeness (QED) is 0.351. The molecule has 1 aliphatic rings. The molecule has 3 heterocycles. The van der Waals surface area contributed by atoms with E-state index in [9.17, 15) is 19.7 Å². The van der Waals surface area contributed by atoms with Crippen molar-refractivity contribution in [2.75, 3.05) is 7.11 Å². The molecule has 0 saturated carbocycles. The van der Waals surface area contributed by atoms with E-state index in [-0.39, 0.29) is 11.2 Å². The average molecular weight is 441 g/mol. The normalized spacial score (nSPS) is 16.2. The first-order chi connectivity index (χ1) is 14.4. The molecule has 0 fully saturated rings. The van der Waals surface area contributed by atoms with Crippen molar-refractivity contribution in [3.05, 3.63) is 93.3 Å². The Kier molecular flexibility index (Phi) is 5.18. The standard InChI is InChI=1S/C20H15N3O5S2/c1-11-16(19(25)28-2)17(14-4-3-9-29-14)22-18(24)15(30-20(22)21-11)10-12-5-7-13(8-6-12)23(26)27/h3-10,17H,1-2H3/b15-10+/t17-/m1/s1. The molecule has 0 bridgehead atoms. The van der Waals surface area contributed by atoms with Crippen molar-refractivity contribution in [2.24, 2.45) is 4.99 Å². The maximum absolute atomic E-state index is 13.3. The summed E-state index contributed by atoms with van der Waals surface area (Å²) in [6, 6.07) is 9.04. The van der Waals surface area contributed by atoms with Gasteiger partial charge in [-0.25, -0.2) is 9.79 Å². The topological polar surface area (TPSA) is 104 Å². The smallest absolute Gasteiger partial charge is 0.338 e. The minimum Gasteiger partial charge on any atom is -0.466 e. The van der Waals surface area contributed by atoms with Crippen LogP contribution in [-0.2, 0) is 9.53 Å². The van der Waals surface area contributed by atoms with E-state index in [1.54, 1.807) is 25.1 Å². The predicted octanol–water partition coefficient (Wildman–Crippen LogP) is 2.38. The van der Waals surface area contributed by atoms with Crippen molar-refractivity contribution in [3.8, 4) is 0 Å². The van der Waals surface area contributed by atoms with E-state index in [2.05, 4.69) is 4.99 Å². The summed E-state index contributed by atoms with van der Waals surface area (Å²) in [6.45, 7) is 1.72. The first-order valence-corrected chi connectivity index (χ1v) is 10.5. The van der Waals surface area contributed by atoms with Gasteiger partial charge in [-0.3, -0.25) is 19.5 Å². The minimum atomic E-state index is -0.618. The van der Waals surface area contributed by atoms with Gasteiger partial charge >= 0.3 is 5.97 Å². The van der Waals surface area contributed by atoms with Crippen LogP contribution in [0.5, 0.6) is 0 Å². The Morgan fingerprint density at radius 3 is 2.63 bits per heavy atom. The highest BCUT2D eigenvalue weighted by atomic mass is 32.1. The molecule has 4 rings (SSSR count). The largest absolute Gasteiger partial charge is 0.466 e. The molecule has 0 radical (unpaired) electrons. The van der Waals surface area contributed by atoms with E-state index in [0.717, 1.165) is 4.88 Å². The van der Waals surface area contributed by atoms with Crippen LogP contribution in [0.2, 0.25) is 0 Å². The van der Waals surface area contributed by atoms with Crippen LogP contribution in [-0.4, -0.2) is 22.6 Å². The number of esters is 1. The number of hydrogen-bond donors (Lipinski definition) is 0. The molecule has 0 saturated heterocycles. The molecule has 0 spiro atoms. The zero-order valence-corrected chi connectivity index (χ0v) is 17.5. The number of thiazole rings is 1. The maximum Gasteiger partial charge on any atom is 0.338 e. The van der Waals surface area contributed by atoms with Crippen LogP contribution in [0, 0.1) is 10.1 Å². The van der Waals surface area contributed by atoms with Gasteiger partial charge in [0.15, 0.2) is 4.80 Å². The molecule has 3 aromatic rings. The summed E-state index contributed by atoms with van der Waals surface area (Å²) in [4.78, 5) is 41.9. The number of nitrogens with zero attached hydrogens (tertiary/aromatic N) is 3. The molecule has 0 amide bonds. The van der Waals surface area contributed by atoms with Crippen molar-refractivity contribution >= 4 is 40.4 Å². The van der Waals surface area contributed by atoms with Gasteiger partial charge in [-0.1, -0.05) is 17.4 Å². The van der Waals surface area contributed by atoms with E-state index in [1.807, 2.05) is 17.5 Å². The monoisotopic (exact) mass is 441 g/mol. The van der Waals surface area contributed by atoms with Gasteiger partial charge in [-0.05, 0) is 42.1 Å². The number of benzene rings is 1. The molecular formula is C20H15N3O5S2. The lowest BCUT2D eigenvalue weighted by molar-refractivity contribution is -0.384. The van der Waals surface area contributed by atoms with Gasteiger partial charge in [0, 0.05) is 17.0 Å². The lowest BCUT2D eigenvalue weighted by Gasteiger charge is -2.22. The highest BCUT2D eigenvalue weighted by molar-refractivity contribution is 7.10. The van der Waals surface area contributed by atoms with Crippen LogP contribution in [0.15, 0.2) is 62.8 Å². The number of nitro groups is 1. The third kappa shape index (κ3) is 3.40. The zero-order chi connectivity index (χ0) is 21.4. The number of aromatic nitrogens is 1. The summed E-state index contributed by atoms with van der Waals surface area (Å²) >= 11 is 2.65. The molecule has 0 aliphatic carbocycles.